The van der Waals surface area contributed by atoms with Crippen LogP contribution in [0.4, 0.5) is 0 Å². The highest BCUT2D eigenvalue weighted by Gasteiger charge is 2.01. The molecule has 0 heterocycles. The van der Waals surface area contributed by atoms with Crippen LogP contribution in [0.25, 0.3) is 0 Å². The van der Waals surface area contributed by atoms with E-state index in [4.69, 9.17) is 0 Å². The first kappa shape index (κ1) is 7.48. The van der Waals surface area contributed by atoms with Crippen LogP contribution in [0.15, 0.2) is 25.3 Å². The van der Waals surface area contributed by atoms with Gasteiger partial charge in [-0.2, -0.15) is 0 Å². The Morgan fingerprint density at radius 3 is 1.50 bits per heavy atom. The number of hydrogen-bond acceptors (Lipinski definition) is 0. The molecule has 0 aliphatic heterocycles. The maximum atomic E-state index is 3.85. The first-order valence-electron chi connectivity index (χ1n) is 3.06. The Labute approximate surface area is 51.9 Å². The minimum Gasteiger partial charge on any atom is -0.106 e. The molecule has 0 nitrogen and oxygen atoms in total. The number of allylic oxidation sites excluding steroid dienone is 1. The molecule has 0 radical (unpaired) electrons. The summed E-state index contributed by atoms with van der Waals surface area (Å²) in [7, 11) is 0. The van der Waals surface area contributed by atoms with Crippen LogP contribution >= 0.6 is 0 Å². The molecule has 0 saturated heterocycles. The lowest BCUT2D eigenvalue weighted by molar-refractivity contribution is 0.886. The summed E-state index contributed by atoms with van der Waals surface area (Å²) in [4.78, 5) is 0. The summed E-state index contributed by atoms with van der Waals surface area (Å²) in [6, 6.07) is 0. The van der Waals surface area contributed by atoms with E-state index >= 15 is 0 Å². The second kappa shape index (κ2) is 4.63. The fraction of sp³-hybridized carbons (Fsp3) is 0.500. The van der Waals surface area contributed by atoms with E-state index < -0.39 is 0 Å². The molecule has 0 N–H and O–H groups in total. The van der Waals surface area contributed by atoms with E-state index in [1.165, 1.54) is 31.3 Å². The standard InChI is InChI=1S/C6H10.C2H4/c1-6-4-2-3-5-6;1-2/h1-5H2;1-2H2. The van der Waals surface area contributed by atoms with Crippen molar-refractivity contribution in [3.05, 3.63) is 25.3 Å². The molecule has 0 bridgehead atoms. The van der Waals surface area contributed by atoms with E-state index in [1.54, 1.807) is 0 Å². The summed E-state index contributed by atoms with van der Waals surface area (Å²) in [6.45, 7) is 9.85. The molecular weight excluding hydrogens is 96.1 g/mol. The third-order valence-corrected chi connectivity index (χ3v) is 1.31. The predicted octanol–water partition coefficient (Wildman–Crippen LogP) is 2.92. The molecule has 1 aliphatic rings. The lowest BCUT2D eigenvalue weighted by Crippen LogP contribution is -1.59. The Morgan fingerprint density at radius 1 is 1.00 bits per heavy atom. The van der Waals surface area contributed by atoms with Crippen LogP contribution in [0.3, 0.4) is 0 Å². The van der Waals surface area contributed by atoms with E-state index in [1.807, 2.05) is 0 Å². The first-order chi connectivity index (χ1) is 3.89. The van der Waals surface area contributed by atoms with Crippen molar-refractivity contribution in [3.63, 3.8) is 0 Å². The molecule has 1 aliphatic carbocycles. The molecule has 0 aromatic rings. The molecule has 8 heavy (non-hydrogen) atoms. The van der Waals surface area contributed by atoms with Crippen LogP contribution < -0.4 is 0 Å². The highest BCUT2D eigenvalue weighted by atomic mass is 14.1. The van der Waals surface area contributed by atoms with E-state index in [9.17, 15) is 0 Å². The van der Waals surface area contributed by atoms with Crippen molar-refractivity contribution in [2.45, 2.75) is 25.7 Å². The SMILES string of the molecule is C=C.C=C1CCCC1. The number of hydrogen-bond donors (Lipinski definition) is 0. The van der Waals surface area contributed by atoms with Crippen molar-refractivity contribution in [2.75, 3.05) is 0 Å². The fourth-order valence-electron chi connectivity index (χ4n) is 0.875. The van der Waals surface area contributed by atoms with Gasteiger partial charge in [-0.05, 0) is 25.7 Å². The summed E-state index contributed by atoms with van der Waals surface area (Å²) in [6.07, 6.45) is 5.36. The summed E-state index contributed by atoms with van der Waals surface area (Å²) < 4.78 is 0. The zero-order valence-electron chi connectivity index (χ0n) is 5.45. The average molecular weight is 110 g/mol. The third kappa shape index (κ3) is 2.62. The highest BCUT2D eigenvalue weighted by Crippen LogP contribution is 2.20. The third-order valence-electron chi connectivity index (χ3n) is 1.31. The van der Waals surface area contributed by atoms with Gasteiger partial charge in [-0.15, -0.1) is 13.2 Å². The van der Waals surface area contributed by atoms with Gasteiger partial charge in [-0.1, -0.05) is 12.2 Å². The van der Waals surface area contributed by atoms with Gasteiger partial charge in [0.15, 0.2) is 0 Å². The van der Waals surface area contributed by atoms with E-state index in [2.05, 4.69) is 19.7 Å². The van der Waals surface area contributed by atoms with Gasteiger partial charge in [0, 0.05) is 0 Å². The van der Waals surface area contributed by atoms with Gasteiger partial charge in [0.2, 0.25) is 0 Å². The monoisotopic (exact) mass is 110 g/mol. The normalized spacial score (nSPS) is 17.2. The lowest BCUT2D eigenvalue weighted by atomic mass is 10.3. The topological polar surface area (TPSA) is 0 Å². The average Bonchev–Trinajstić information content (AvgIpc) is 2.24. The smallest absolute Gasteiger partial charge is 0.0323 e. The summed E-state index contributed by atoms with van der Waals surface area (Å²) in [5, 5.41) is 0. The molecule has 46 valence electrons. The molecule has 0 unspecified atom stereocenters. The molecule has 1 saturated carbocycles. The van der Waals surface area contributed by atoms with Crippen LogP contribution in [0.5, 0.6) is 0 Å². The molecule has 0 heteroatoms. The molecule has 0 aromatic carbocycles. The van der Waals surface area contributed by atoms with Crippen molar-refractivity contribution < 1.29 is 0 Å². The van der Waals surface area contributed by atoms with Crippen molar-refractivity contribution in [2.24, 2.45) is 0 Å². The second-order valence-electron chi connectivity index (χ2n) is 1.96. The van der Waals surface area contributed by atoms with Crippen molar-refractivity contribution in [3.8, 4) is 0 Å². The zero-order chi connectivity index (χ0) is 6.41. The molecule has 0 aromatic heterocycles. The summed E-state index contributed by atoms with van der Waals surface area (Å²) in [5.74, 6) is 0. The van der Waals surface area contributed by atoms with E-state index in [0.717, 1.165) is 0 Å². The van der Waals surface area contributed by atoms with Crippen LogP contribution in [-0.2, 0) is 0 Å². The van der Waals surface area contributed by atoms with E-state index in [0.29, 0.717) is 0 Å². The molecule has 1 rings (SSSR count). The summed E-state index contributed by atoms with van der Waals surface area (Å²) >= 11 is 0. The van der Waals surface area contributed by atoms with Gasteiger partial charge in [0.05, 0.1) is 0 Å². The predicted molar refractivity (Wildman–Crippen MR) is 38.9 cm³/mol. The van der Waals surface area contributed by atoms with Crippen LogP contribution in [0, 0.1) is 0 Å². The fourth-order valence-corrected chi connectivity index (χ4v) is 0.875. The van der Waals surface area contributed by atoms with Gasteiger partial charge in [0.25, 0.3) is 0 Å². The van der Waals surface area contributed by atoms with Crippen LogP contribution in [-0.4, -0.2) is 0 Å². The second-order valence-corrected chi connectivity index (χ2v) is 1.96. The van der Waals surface area contributed by atoms with Gasteiger partial charge in [0.1, 0.15) is 0 Å². The summed E-state index contributed by atoms with van der Waals surface area (Å²) in [5.41, 5.74) is 1.45. The Balaban J connectivity index is 0.000000222. The molecule has 1 fully saturated rings. The zero-order valence-corrected chi connectivity index (χ0v) is 5.45. The quantitative estimate of drug-likeness (QED) is 0.420. The lowest BCUT2D eigenvalue weighted by Gasteiger charge is -1.80. The Hall–Kier alpha value is -0.520. The van der Waals surface area contributed by atoms with Crippen molar-refractivity contribution in [1.29, 1.82) is 0 Å². The largest absolute Gasteiger partial charge is 0.106 e. The van der Waals surface area contributed by atoms with Crippen LogP contribution in [0.2, 0.25) is 0 Å². The van der Waals surface area contributed by atoms with Gasteiger partial charge in [-0.3, -0.25) is 0 Å². The van der Waals surface area contributed by atoms with Gasteiger partial charge in [-0.25, -0.2) is 0 Å². The minimum absolute atomic E-state index is 1.29. The Kier molecular flexibility index (Phi) is 4.33. The molecule has 0 atom stereocenters. The molecule has 0 spiro atoms. The molecular formula is C8H14. The van der Waals surface area contributed by atoms with E-state index in [-0.39, 0.29) is 0 Å². The van der Waals surface area contributed by atoms with Crippen molar-refractivity contribution >= 4 is 0 Å². The Morgan fingerprint density at radius 2 is 1.38 bits per heavy atom. The van der Waals surface area contributed by atoms with Crippen molar-refractivity contribution in [1.82, 2.24) is 0 Å². The van der Waals surface area contributed by atoms with Gasteiger partial charge < -0.3 is 0 Å². The first-order valence-corrected chi connectivity index (χ1v) is 3.06. The van der Waals surface area contributed by atoms with Crippen LogP contribution in [0.1, 0.15) is 25.7 Å². The minimum atomic E-state index is 1.29. The maximum absolute atomic E-state index is 3.85. The highest BCUT2D eigenvalue weighted by molar-refractivity contribution is 4.98. The maximum Gasteiger partial charge on any atom is -0.0323 e. The van der Waals surface area contributed by atoms with Gasteiger partial charge >= 0.3 is 0 Å². The number of rotatable bonds is 0. The Bertz CT molecular complexity index is 64.1. The molecule has 0 amide bonds.